The fourth-order valence-electron chi connectivity index (χ4n) is 1.94. The molecule has 0 saturated carbocycles. The first-order chi connectivity index (χ1) is 9.88. The Hall–Kier alpha value is -2.25. The van der Waals surface area contributed by atoms with Gasteiger partial charge >= 0.3 is 0 Å². The maximum Gasteiger partial charge on any atom is 0.238 e. The summed E-state index contributed by atoms with van der Waals surface area (Å²) < 4.78 is 22.9. The standard InChI is InChI=1S/C14H15N3O3S/c1-10-12(5-2-6-13(10)21(15,19)20)17-14(18)8-11-4-3-7-16-9-11/h2-7,9H,8H2,1H3,(H,17,18)(H2,15,19,20). The molecule has 3 N–H and O–H groups in total. The molecule has 0 bridgehead atoms. The number of amides is 1. The molecule has 0 unspecified atom stereocenters. The summed E-state index contributed by atoms with van der Waals surface area (Å²) in [5.41, 5.74) is 1.62. The van der Waals surface area contributed by atoms with Crippen molar-refractivity contribution in [2.75, 3.05) is 5.32 Å². The third-order valence-corrected chi connectivity index (χ3v) is 4.01. The molecule has 0 spiro atoms. The fraction of sp³-hybridized carbons (Fsp3) is 0.143. The van der Waals surface area contributed by atoms with Gasteiger partial charge in [0, 0.05) is 18.1 Å². The van der Waals surface area contributed by atoms with Crippen molar-refractivity contribution in [3.8, 4) is 0 Å². The number of rotatable bonds is 4. The van der Waals surface area contributed by atoms with Gasteiger partial charge in [-0.1, -0.05) is 12.1 Å². The Kier molecular flexibility index (Phi) is 4.35. The monoisotopic (exact) mass is 305 g/mol. The predicted octanol–water partition coefficient (Wildman–Crippen LogP) is 1.22. The molecule has 0 aliphatic rings. The average Bonchev–Trinajstić information content (AvgIpc) is 2.41. The van der Waals surface area contributed by atoms with Crippen LogP contribution in [0.25, 0.3) is 0 Å². The maximum atomic E-state index is 12.0. The Balaban J connectivity index is 2.19. The second kappa shape index (κ2) is 6.02. The molecule has 0 atom stereocenters. The van der Waals surface area contributed by atoms with Gasteiger partial charge in [0.1, 0.15) is 0 Å². The molecule has 0 aliphatic carbocycles. The second-order valence-corrected chi connectivity index (χ2v) is 6.09. The van der Waals surface area contributed by atoms with E-state index < -0.39 is 10.0 Å². The van der Waals surface area contributed by atoms with E-state index >= 15 is 0 Å². The van der Waals surface area contributed by atoms with Crippen LogP contribution in [0, 0.1) is 6.92 Å². The molecule has 0 saturated heterocycles. The van der Waals surface area contributed by atoms with E-state index in [1.165, 1.54) is 12.1 Å². The molecule has 1 amide bonds. The zero-order chi connectivity index (χ0) is 15.5. The molecule has 0 radical (unpaired) electrons. The van der Waals surface area contributed by atoms with Crippen LogP contribution in [0.4, 0.5) is 5.69 Å². The predicted molar refractivity (Wildman–Crippen MR) is 79.1 cm³/mol. The molecule has 7 heteroatoms. The quantitative estimate of drug-likeness (QED) is 0.886. The van der Waals surface area contributed by atoms with Gasteiger partial charge in [0.2, 0.25) is 15.9 Å². The van der Waals surface area contributed by atoms with Crippen molar-refractivity contribution >= 4 is 21.6 Å². The Bertz CT molecular complexity index is 758. The highest BCUT2D eigenvalue weighted by Crippen LogP contribution is 2.22. The van der Waals surface area contributed by atoms with Crippen molar-refractivity contribution in [1.29, 1.82) is 0 Å². The number of nitrogens with two attached hydrogens (primary N) is 1. The van der Waals surface area contributed by atoms with Crippen LogP contribution in [0.2, 0.25) is 0 Å². The third kappa shape index (κ3) is 3.87. The van der Waals surface area contributed by atoms with Gasteiger partial charge in [0.25, 0.3) is 0 Å². The van der Waals surface area contributed by atoms with Crippen LogP contribution in [0.5, 0.6) is 0 Å². The molecule has 110 valence electrons. The number of carbonyl (C=O) groups is 1. The van der Waals surface area contributed by atoms with Crippen molar-refractivity contribution in [1.82, 2.24) is 4.98 Å². The van der Waals surface area contributed by atoms with E-state index in [1.54, 1.807) is 37.5 Å². The number of sulfonamides is 1. The number of nitrogens with one attached hydrogen (secondary N) is 1. The topological polar surface area (TPSA) is 102 Å². The molecule has 2 rings (SSSR count). The van der Waals surface area contributed by atoms with Gasteiger partial charge in [-0.25, -0.2) is 13.6 Å². The summed E-state index contributed by atoms with van der Waals surface area (Å²) in [5, 5.41) is 7.82. The minimum Gasteiger partial charge on any atom is -0.326 e. The van der Waals surface area contributed by atoms with E-state index in [9.17, 15) is 13.2 Å². The lowest BCUT2D eigenvalue weighted by Crippen LogP contribution is -2.18. The summed E-state index contributed by atoms with van der Waals surface area (Å²) in [5.74, 6) is -0.252. The maximum absolute atomic E-state index is 12.0. The summed E-state index contributed by atoms with van der Waals surface area (Å²) in [7, 11) is -3.81. The summed E-state index contributed by atoms with van der Waals surface area (Å²) in [6.07, 6.45) is 3.39. The molecule has 0 aliphatic heterocycles. The Morgan fingerprint density at radius 1 is 1.29 bits per heavy atom. The molecule has 21 heavy (non-hydrogen) atoms. The largest absolute Gasteiger partial charge is 0.326 e. The summed E-state index contributed by atoms with van der Waals surface area (Å²) in [6.45, 7) is 1.60. The molecule has 6 nitrogen and oxygen atoms in total. The number of benzene rings is 1. The molecule has 1 aromatic heterocycles. The molecule has 0 fully saturated rings. The second-order valence-electron chi connectivity index (χ2n) is 4.56. The highest BCUT2D eigenvalue weighted by Gasteiger charge is 2.15. The van der Waals surface area contributed by atoms with Gasteiger partial charge in [0.05, 0.1) is 11.3 Å². The van der Waals surface area contributed by atoms with E-state index in [4.69, 9.17) is 5.14 Å². The zero-order valence-corrected chi connectivity index (χ0v) is 12.2. The fourth-order valence-corrected chi connectivity index (χ4v) is 2.75. The van der Waals surface area contributed by atoms with E-state index in [0.29, 0.717) is 11.3 Å². The normalized spacial score (nSPS) is 11.1. The van der Waals surface area contributed by atoms with Gasteiger partial charge in [-0.2, -0.15) is 0 Å². The molecule has 1 aromatic carbocycles. The van der Waals surface area contributed by atoms with Crippen LogP contribution in [0.15, 0.2) is 47.6 Å². The van der Waals surface area contributed by atoms with Crippen molar-refractivity contribution in [3.05, 3.63) is 53.9 Å². The third-order valence-electron chi connectivity index (χ3n) is 2.95. The minimum absolute atomic E-state index is 0.00155. The van der Waals surface area contributed by atoms with Crippen LogP contribution in [0.1, 0.15) is 11.1 Å². The number of hydrogen-bond acceptors (Lipinski definition) is 4. The molecular weight excluding hydrogens is 290 g/mol. The molecule has 2 aromatic rings. The number of aromatic nitrogens is 1. The summed E-state index contributed by atoms with van der Waals surface area (Å²) >= 11 is 0. The Labute approximate surface area is 123 Å². The van der Waals surface area contributed by atoms with Crippen LogP contribution in [-0.4, -0.2) is 19.3 Å². The highest BCUT2D eigenvalue weighted by molar-refractivity contribution is 7.89. The Morgan fingerprint density at radius 3 is 2.67 bits per heavy atom. The van der Waals surface area contributed by atoms with Crippen LogP contribution in [-0.2, 0) is 21.2 Å². The number of anilines is 1. The van der Waals surface area contributed by atoms with Gasteiger partial charge < -0.3 is 5.32 Å². The first kappa shape index (κ1) is 15.1. The Morgan fingerprint density at radius 2 is 2.05 bits per heavy atom. The zero-order valence-electron chi connectivity index (χ0n) is 11.4. The van der Waals surface area contributed by atoms with Gasteiger partial charge in [0.15, 0.2) is 0 Å². The number of hydrogen-bond donors (Lipinski definition) is 2. The van der Waals surface area contributed by atoms with Crippen molar-refractivity contribution < 1.29 is 13.2 Å². The van der Waals surface area contributed by atoms with Gasteiger partial charge in [-0.05, 0) is 36.2 Å². The average molecular weight is 305 g/mol. The van der Waals surface area contributed by atoms with Gasteiger partial charge in [-0.3, -0.25) is 9.78 Å². The lowest BCUT2D eigenvalue weighted by Gasteiger charge is -2.11. The number of pyridine rings is 1. The lowest BCUT2D eigenvalue weighted by atomic mass is 10.1. The van der Waals surface area contributed by atoms with Crippen LogP contribution >= 0.6 is 0 Å². The van der Waals surface area contributed by atoms with E-state index in [0.717, 1.165) is 5.56 Å². The summed E-state index contributed by atoms with van der Waals surface area (Å²) in [6, 6.07) is 8.11. The van der Waals surface area contributed by atoms with E-state index in [2.05, 4.69) is 10.3 Å². The number of primary sulfonamides is 1. The smallest absolute Gasteiger partial charge is 0.238 e. The number of carbonyl (C=O) groups excluding carboxylic acids is 1. The minimum atomic E-state index is -3.81. The van der Waals surface area contributed by atoms with E-state index in [-0.39, 0.29) is 17.2 Å². The number of nitrogens with zero attached hydrogens (tertiary/aromatic N) is 1. The van der Waals surface area contributed by atoms with E-state index in [1.807, 2.05) is 0 Å². The van der Waals surface area contributed by atoms with Crippen LogP contribution < -0.4 is 10.5 Å². The van der Waals surface area contributed by atoms with Crippen molar-refractivity contribution in [3.63, 3.8) is 0 Å². The van der Waals surface area contributed by atoms with Crippen molar-refractivity contribution in [2.24, 2.45) is 5.14 Å². The van der Waals surface area contributed by atoms with Crippen molar-refractivity contribution in [2.45, 2.75) is 18.2 Å². The van der Waals surface area contributed by atoms with Gasteiger partial charge in [-0.15, -0.1) is 0 Å². The first-order valence-corrected chi connectivity index (χ1v) is 7.74. The molecular formula is C14H15N3O3S. The SMILES string of the molecule is Cc1c(NC(=O)Cc2cccnc2)cccc1S(N)(=O)=O. The summed E-state index contributed by atoms with van der Waals surface area (Å²) in [4.78, 5) is 15.9. The van der Waals surface area contributed by atoms with Crippen LogP contribution in [0.3, 0.4) is 0 Å². The first-order valence-electron chi connectivity index (χ1n) is 6.19. The highest BCUT2D eigenvalue weighted by atomic mass is 32.2. The molecule has 1 heterocycles. The lowest BCUT2D eigenvalue weighted by molar-refractivity contribution is -0.115.